The van der Waals surface area contributed by atoms with Crippen molar-refractivity contribution in [3.05, 3.63) is 59.2 Å². The Labute approximate surface area is 165 Å². The van der Waals surface area contributed by atoms with Crippen molar-refractivity contribution in [2.75, 3.05) is 0 Å². The van der Waals surface area contributed by atoms with E-state index in [-0.39, 0.29) is 11.1 Å². The van der Waals surface area contributed by atoms with E-state index in [0.717, 1.165) is 24.8 Å². The lowest BCUT2D eigenvalue weighted by atomic mass is 9.74. The van der Waals surface area contributed by atoms with Gasteiger partial charge in [-0.3, -0.25) is 0 Å². The molecule has 0 spiro atoms. The van der Waals surface area contributed by atoms with Crippen molar-refractivity contribution in [3.8, 4) is 11.1 Å². The first kappa shape index (κ1) is 20.9. The molecule has 28 heavy (non-hydrogen) atoms. The molecule has 2 atom stereocenters. The Hall–Kier alpha value is -1.84. The Morgan fingerprint density at radius 3 is 2.25 bits per heavy atom. The largest absolute Gasteiger partial charge is 0.251 e. The Kier molecular flexibility index (Phi) is 6.47. The van der Waals surface area contributed by atoms with Crippen molar-refractivity contribution in [2.45, 2.75) is 70.6 Å². The number of hydrogen-bond donors (Lipinski definition) is 0. The molecule has 0 saturated heterocycles. The van der Waals surface area contributed by atoms with Crippen molar-refractivity contribution < 1.29 is 17.6 Å². The lowest BCUT2D eigenvalue weighted by molar-refractivity contribution is -0.0951. The summed E-state index contributed by atoms with van der Waals surface area (Å²) in [5.74, 6) is -6.04. The van der Waals surface area contributed by atoms with Gasteiger partial charge in [0.25, 0.3) is 5.92 Å². The zero-order valence-electron chi connectivity index (χ0n) is 16.6. The van der Waals surface area contributed by atoms with E-state index in [1.54, 1.807) is 12.1 Å². The van der Waals surface area contributed by atoms with Gasteiger partial charge in [0.1, 0.15) is 0 Å². The number of hydrogen-bond acceptors (Lipinski definition) is 0. The quantitative estimate of drug-likeness (QED) is 0.438. The highest BCUT2D eigenvalue weighted by Gasteiger charge is 2.45. The van der Waals surface area contributed by atoms with E-state index >= 15 is 0 Å². The van der Waals surface area contributed by atoms with Crippen LogP contribution < -0.4 is 0 Å². The molecule has 3 rings (SSSR count). The van der Waals surface area contributed by atoms with Gasteiger partial charge in [-0.25, -0.2) is 17.6 Å². The highest BCUT2D eigenvalue weighted by molar-refractivity contribution is 5.65. The maximum atomic E-state index is 14.8. The molecule has 0 aromatic heterocycles. The van der Waals surface area contributed by atoms with Crippen LogP contribution in [-0.4, -0.2) is 5.92 Å². The second-order valence-electron chi connectivity index (χ2n) is 7.96. The highest BCUT2D eigenvalue weighted by atomic mass is 19.3. The van der Waals surface area contributed by atoms with Crippen LogP contribution in [0, 0.1) is 17.6 Å². The van der Waals surface area contributed by atoms with Gasteiger partial charge in [0.05, 0.1) is 0 Å². The number of unbranched alkanes of at least 4 members (excludes halogenated alkanes) is 1. The highest BCUT2D eigenvalue weighted by Crippen LogP contribution is 2.48. The molecule has 0 amide bonds. The standard InChI is InChI=1S/C24H28F4/c1-3-5-6-19-12-11-18(15-24(19,27)28)21-14-13-20(22(25)23(21)26)17-9-7-16(4-2)8-10-17/h7-10,13-14,18-19H,3-6,11-12,15H2,1-2H3. The summed E-state index contributed by atoms with van der Waals surface area (Å²) in [4.78, 5) is 0. The van der Waals surface area contributed by atoms with Crippen molar-refractivity contribution in [1.29, 1.82) is 0 Å². The van der Waals surface area contributed by atoms with Crippen molar-refractivity contribution >= 4 is 0 Å². The molecule has 2 unspecified atom stereocenters. The van der Waals surface area contributed by atoms with Gasteiger partial charge < -0.3 is 0 Å². The number of halogens is 4. The second kappa shape index (κ2) is 8.67. The topological polar surface area (TPSA) is 0 Å². The normalized spacial score (nSPS) is 21.6. The molecule has 0 bridgehead atoms. The van der Waals surface area contributed by atoms with Crippen LogP contribution in [0.15, 0.2) is 36.4 Å². The van der Waals surface area contributed by atoms with Crippen molar-refractivity contribution in [1.82, 2.24) is 0 Å². The average molecular weight is 392 g/mol. The van der Waals surface area contributed by atoms with Gasteiger partial charge in [0.15, 0.2) is 11.6 Å². The molecule has 4 heteroatoms. The number of aryl methyl sites for hydroxylation is 1. The predicted molar refractivity (Wildman–Crippen MR) is 106 cm³/mol. The third kappa shape index (κ3) is 4.26. The molecule has 2 aromatic carbocycles. The molecule has 1 fully saturated rings. The van der Waals surface area contributed by atoms with E-state index in [0.29, 0.717) is 24.8 Å². The molecular formula is C24H28F4. The monoisotopic (exact) mass is 392 g/mol. The molecule has 2 aromatic rings. The van der Waals surface area contributed by atoms with E-state index in [1.165, 1.54) is 12.1 Å². The summed E-state index contributed by atoms with van der Waals surface area (Å²) >= 11 is 0. The molecule has 0 radical (unpaired) electrons. The summed E-state index contributed by atoms with van der Waals surface area (Å²) < 4.78 is 58.7. The molecule has 0 nitrogen and oxygen atoms in total. The van der Waals surface area contributed by atoms with Gasteiger partial charge in [0, 0.05) is 17.9 Å². The number of alkyl halides is 2. The minimum absolute atomic E-state index is 0.0834. The first-order valence-corrected chi connectivity index (χ1v) is 10.3. The summed E-state index contributed by atoms with van der Waals surface area (Å²) in [5.41, 5.74) is 1.96. The van der Waals surface area contributed by atoms with Gasteiger partial charge in [-0.05, 0) is 48.3 Å². The van der Waals surface area contributed by atoms with Crippen LogP contribution in [-0.2, 0) is 6.42 Å². The summed E-state index contributed by atoms with van der Waals surface area (Å²) in [7, 11) is 0. The maximum Gasteiger partial charge on any atom is 0.251 e. The summed E-state index contributed by atoms with van der Waals surface area (Å²) in [5, 5.41) is 0. The Morgan fingerprint density at radius 1 is 0.929 bits per heavy atom. The number of benzene rings is 2. The van der Waals surface area contributed by atoms with E-state index in [1.807, 2.05) is 26.0 Å². The van der Waals surface area contributed by atoms with Crippen LogP contribution in [0.25, 0.3) is 11.1 Å². The van der Waals surface area contributed by atoms with Gasteiger partial charge in [-0.1, -0.05) is 63.1 Å². The second-order valence-corrected chi connectivity index (χ2v) is 7.96. The van der Waals surface area contributed by atoms with Crippen molar-refractivity contribution in [2.24, 2.45) is 5.92 Å². The van der Waals surface area contributed by atoms with Crippen LogP contribution >= 0.6 is 0 Å². The third-order valence-electron chi connectivity index (χ3n) is 6.11. The van der Waals surface area contributed by atoms with Crippen LogP contribution in [0.4, 0.5) is 17.6 Å². The average Bonchev–Trinajstić information content (AvgIpc) is 2.68. The lowest BCUT2D eigenvalue weighted by Crippen LogP contribution is -2.35. The molecule has 0 heterocycles. The molecule has 0 aliphatic heterocycles. The molecule has 1 aliphatic carbocycles. The van der Waals surface area contributed by atoms with Gasteiger partial charge in [-0.15, -0.1) is 0 Å². The summed E-state index contributed by atoms with van der Waals surface area (Å²) in [6, 6.07) is 10.3. The fourth-order valence-electron chi connectivity index (χ4n) is 4.30. The predicted octanol–water partition coefficient (Wildman–Crippen LogP) is 7.90. The molecule has 0 N–H and O–H groups in total. The Bertz CT molecular complexity index is 795. The lowest BCUT2D eigenvalue weighted by Gasteiger charge is -2.36. The fraction of sp³-hybridized carbons (Fsp3) is 0.500. The summed E-state index contributed by atoms with van der Waals surface area (Å²) in [6.45, 7) is 4.01. The molecule has 1 aliphatic rings. The van der Waals surface area contributed by atoms with E-state index in [9.17, 15) is 17.6 Å². The number of rotatable bonds is 6. The Morgan fingerprint density at radius 2 is 1.64 bits per heavy atom. The van der Waals surface area contributed by atoms with Crippen LogP contribution in [0.3, 0.4) is 0 Å². The maximum absolute atomic E-state index is 14.8. The van der Waals surface area contributed by atoms with Gasteiger partial charge >= 0.3 is 0 Å². The molecule has 1 saturated carbocycles. The van der Waals surface area contributed by atoms with E-state index in [2.05, 4.69) is 0 Å². The van der Waals surface area contributed by atoms with Crippen LogP contribution in [0.5, 0.6) is 0 Å². The molecular weight excluding hydrogens is 364 g/mol. The zero-order chi connectivity index (χ0) is 20.3. The van der Waals surface area contributed by atoms with Crippen molar-refractivity contribution in [3.63, 3.8) is 0 Å². The van der Waals surface area contributed by atoms with Crippen LogP contribution in [0.1, 0.15) is 69.4 Å². The van der Waals surface area contributed by atoms with Gasteiger partial charge in [-0.2, -0.15) is 0 Å². The third-order valence-corrected chi connectivity index (χ3v) is 6.11. The summed E-state index contributed by atoms with van der Waals surface area (Å²) in [6.07, 6.45) is 3.47. The van der Waals surface area contributed by atoms with E-state index < -0.39 is 35.8 Å². The minimum atomic E-state index is -2.82. The zero-order valence-corrected chi connectivity index (χ0v) is 16.6. The molecule has 152 valence electrons. The first-order chi connectivity index (χ1) is 13.4. The van der Waals surface area contributed by atoms with Gasteiger partial charge in [0.2, 0.25) is 0 Å². The minimum Gasteiger partial charge on any atom is -0.207 e. The smallest absolute Gasteiger partial charge is 0.207 e. The van der Waals surface area contributed by atoms with Crippen LogP contribution in [0.2, 0.25) is 0 Å². The SMILES string of the molecule is CCCCC1CCC(c2ccc(-c3ccc(CC)cc3)c(F)c2F)CC1(F)F. The fourth-order valence-corrected chi connectivity index (χ4v) is 4.30. The first-order valence-electron chi connectivity index (χ1n) is 10.3. The Balaban J connectivity index is 1.83. The van der Waals surface area contributed by atoms with E-state index in [4.69, 9.17) is 0 Å².